The van der Waals surface area contributed by atoms with Crippen molar-refractivity contribution in [2.75, 3.05) is 0 Å². The fourth-order valence-corrected chi connectivity index (χ4v) is 1.64. The number of Topliss-reactive ketones (excluding diaryl/α,β-unsaturated/α-hetero) is 1. The van der Waals surface area contributed by atoms with Crippen LogP contribution in [0.4, 0.5) is 0 Å². The first kappa shape index (κ1) is 11.9. The molecule has 0 saturated heterocycles. The van der Waals surface area contributed by atoms with E-state index >= 15 is 0 Å². The molecule has 0 radical (unpaired) electrons. The maximum absolute atomic E-state index is 12.0. The zero-order valence-electron chi connectivity index (χ0n) is 9.36. The van der Waals surface area contributed by atoms with Crippen LogP contribution in [0.1, 0.15) is 42.7 Å². The van der Waals surface area contributed by atoms with E-state index in [2.05, 4.69) is 4.98 Å². The maximum Gasteiger partial charge on any atom is 0.166 e. The summed E-state index contributed by atoms with van der Waals surface area (Å²) in [4.78, 5) is 16.1. The molecule has 82 valence electrons. The first-order chi connectivity index (χ1) is 7.22. The van der Waals surface area contributed by atoms with Crippen LogP contribution in [0.15, 0.2) is 18.3 Å². The number of nitrogens with two attached hydrogens (primary N) is 1. The number of pyridine rings is 1. The third-order valence-corrected chi connectivity index (χ3v) is 2.67. The van der Waals surface area contributed by atoms with E-state index in [9.17, 15) is 4.79 Å². The Kier molecular flexibility index (Phi) is 4.43. The lowest BCUT2D eigenvalue weighted by Crippen LogP contribution is -2.14. The lowest BCUT2D eigenvalue weighted by atomic mass is 9.93. The van der Waals surface area contributed by atoms with Crippen LogP contribution >= 0.6 is 0 Å². The van der Waals surface area contributed by atoms with Crippen molar-refractivity contribution in [2.45, 2.75) is 33.2 Å². The Morgan fingerprint density at radius 1 is 1.47 bits per heavy atom. The van der Waals surface area contributed by atoms with Crippen LogP contribution in [0, 0.1) is 5.92 Å². The van der Waals surface area contributed by atoms with E-state index in [1.54, 1.807) is 18.3 Å². The van der Waals surface area contributed by atoms with Crippen LogP contribution in [-0.2, 0) is 6.54 Å². The van der Waals surface area contributed by atoms with Gasteiger partial charge in [0.15, 0.2) is 5.78 Å². The first-order valence-corrected chi connectivity index (χ1v) is 5.42. The van der Waals surface area contributed by atoms with Crippen LogP contribution in [0.3, 0.4) is 0 Å². The third-order valence-electron chi connectivity index (χ3n) is 2.67. The summed E-state index contributed by atoms with van der Waals surface area (Å²) in [5, 5.41) is 0. The molecule has 3 nitrogen and oxygen atoms in total. The average molecular weight is 206 g/mol. The average Bonchev–Trinajstić information content (AvgIpc) is 2.30. The normalized spacial score (nSPS) is 10.7. The van der Waals surface area contributed by atoms with Gasteiger partial charge in [0, 0.05) is 24.2 Å². The molecule has 1 aromatic heterocycles. The fraction of sp³-hybridized carbons (Fsp3) is 0.500. The topological polar surface area (TPSA) is 56.0 Å². The second kappa shape index (κ2) is 5.61. The van der Waals surface area contributed by atoms with Crippen molar-refractivity contribution in [3.05, 3.63) is 29.6 Å². The van der Waals surface area contributed by atoms with Gasteiger partial charge in [-0.2, -0.15) is 0 Å². The lowest BCUT2D eigenvalue weighted by Gasteiger charge is -2.11. The number of carbonyl (C=O) groups excluding carboxylic acids is 1. The highest BCUT2D eigenvalue weighted by atomic mass is 16.1. The van der Waals surface area contributed by atoms with Gasteiger partial charge in [-0.25, -0.2) is 0 Å². The van der Waals surface area contributed by atoms with E-state index < -0.39 is 0 Å². The molecule has 0 amide bonds. The van der Waals surface area contributed by atoms with Gasteiger partial charge >= 0.3 is 0 Å². The van der Waals surface area contributed by atoms with Crippen molar-refractivity contribution in [1.29, 1.82) is 0 Å². The predicted molar refractivity (Wildman–Crippen MR) is 60.5 cm³/mol. The van der Waals surface area contributed by atoms with Gasteiger partial charge < -0.3 is 5.73 Å². The van der Waals surface area contributed by atoms with Crippen LogP contribution in [-0.4, -0.2) is 10.8 Å². The van der Waals surface area contributed by atoms with Gasteiger partial charge in [0.05, 0.1) is 5.69 Å². The minimum absolute atomic E-state index is 0.123. The Morgan fingerprint density at radius 2 is 2.13 bits per heavy atom. The van der Waals surface area contributed by atoms with E-state index in [0.29, 0.717) is 6.54 Å². The van der Waals surface area contributed by atoms with Crippen LogP contribution < -0.4 is 5.73 Å². The molecule has 0 unspecified atom stereocenters. The summed E-state index contributed by atoms with van der Waals surface area (Å²) in [6.07, 6.45) is 3.42. The van der Waals surface area contributed by atoms with Crippen molar-refractivity contribution in [3.63, 3.8) is 0 Å². The minimum Gasteiger partial charge on any atom is -0.325 e. The molecular formula is C12H18N2O. The molecule has 0 aliphatic rings. The van der Waals surface area contributed by atoms with E-state index in [-0.39, 0.29) is 11.7 Å². The summed E-state index contributed by atoms with van der Waals surface area (Å²) in [5.74, 6) is 0.329. The smallest absolute Gasteiger partial charge is 0.166 e. The molecule has 1 aromatic rings. The quantitative estimate of drug-likeness (QED) is 0.751. The zero-order chi connectivity index (χ0) is 11.3. The SMILES string of the molecule is CCC(CC)C(=O)c1ccnc(CN)c1. The summed E-state index contributed by atoms with van der Waals surface area (Å²) in [7, 11) is 0. The van der Waals surface area contributed by atoms with Crippen molar-refractivity contribution in [3.8, 4) is 0 Å². The molecule has 0 fully saturated rings. The predicted octanol–water partition coefficient (Wildman–Crippen LogP) is 2.16. The molecule has 0 saturated carbocycles. The van der Waals surface area contributed by atoms with Gasteiger partial charge in [0.1, 0.15) is 0 Å². The monoisotopic (exact) mass is 206 g/mol. The Bertz CT molecular complexity index is 332. The molecule has 0 atom stereocenters. The number of ketones is 1. The molecule has 0 spiro atoms. The van der Waals surface area contributed by atoms with Gasteiger partial charge in [-0.3, -0.25) is 9.78 Å². The van der Waals surface area contributed by atoms with E-state index in [0.717, 1.165) is 24.1 Å². The summed E-state index contributed by atoms with van der Waals surface area (Å²) < 4.78 is 0. The number of carbonyl (C=O) groups is 1. The fourth-order valence-electron chi connectivity index (χ4n) is 1.64. The maximum atomic E-state index is 12.0. The van der Waals surface area contributed by atoms with E-state index in [4.69, 9.17) is 5.73 Å². The Hall–Kier alpha value is -1.22. The van der Waals surface area contributed by atoms with E-state index in [1.165, 1.54) is 0 Å². The third kappa shape index (κ3) is 2.86. The van der Waals surface area contributed by atoms with Crippen molar-refractivity contribution >= 4 is 5.78 Å². The molecule has 1 rings (SSSR count). The summed E-state index contributed by atoms with van der Waals surface area (Å²) in [5.41, 5.74) is 6.99. The van der Waals surface area contributed by atoms with Crippen LogP contribution in [0.5, 0.6) is 0 Å². The Labute approximate surface area is 90.7 Å². The first-order valence-electron chi connectivity index (χ1n) is 5.42. The highest BCUT2D eigenvalue weighted by Crippen LogP contribution is 2.15. The summed E-state index contributed by atoms with van der Waals surface area (Å²) >= 11 is 0. The summed E-state index contributed by atoms with van der Waals surface area (Å²) in [6.45, 7) is 4.46. The number of rotatable bonds is 5. The number of aromatic nitrogens is 1. The second-order valence-electron chi connectivity index (χ2n) is 3.62. The Morgan fingerprint density at radius 3 is 2.67 bits per heavy atom. The number of hydrogen-bond acceptors (Lipinski definition) is 3. The van der Waals surface area contributed by atoms with Gasteiger partial charge in [-0.1, -0.05) is 13.8 Å². The standard InChI is InChI=1S/C12H18N2O/c1-3-9(4-2)12(15)10-5-6-14-11(7-10)8-13/h5-7,9H,3-4,8,13H2,1-2H3. The molecule has 0 bridgehead atoms. The number of nitrogens with zero attached hydrogens (tertiary/aromatic N) is 1. The van der Waals surface area contributed by atoms with E-state index in [1.807, 2.05) is 13.8 Å². The molecule has 3 heteroatoms. The highest BCUT2D eigenvalue weighted by Gasteiger charge is 2.16. The Balaban J connectivity index is 2.90. The molecule has 0 aromatic carbocycles. The van der Waals surface area contributed by atoms with Crippen molar-refractivity contribution in [2.24, 2.45) is 11.7 Å². The van der Waals surface area contributed by atoms with Gasteiger partial charge in [0.25, 0.3) is 0 Å². The molecule has 2 N–H and O–H groups in total. The minimum atomic E-state index is 0.123. The molecular weight excluding hydrogens is 188 g/mol. The largest absolute Gasteiger partial charge is 0.325 e. The highest BCUT2D eigenvalue weighted by molar-refractivity contribution is 5.97. The molecule has 1 heterocycles. The molecule has 0 aliphatic carbocycles. The van der Waals surface area contributed by atoms with Crippen molar-refractivity contribution < 1.29 is 4.79 Å². The lowest BCUT2D eigenvalue weighted by molar-refractivity contribution is 0.0913. The van der Waals surface area contributed by atoms with Gasteiger partial charge in [-0.05, 0) is 25.0 Å². The van der Waals surface area contributed by atoms with Crippen LogP contribution in [0.2, 0.25) is 0 Å². The van der Waals surface area contributed by atoms with Gasteiger partial charge in [0.2, 0.25) is 0 Å². The van der Waals surface area contributed by atoms with Crippen LogP contribution in [0.25, 0.3) is 0 Å². The molecule has 0 aliphatic heterocycles. The van der Waals surface area contributed by atoms with Gasteiger partial charge in [-0.15, -0.1) is 0 Å². The second-order valence-corrected chi connectivity index (χ2v) is 3.62. The number of hydrogen-bond donors (Lipinski definition) is 1. The van der Waals surface area contributed by atoms with Crippen molar-refractivity contribution in [1.82, 2.24) is 4.98 Å². The summed E-state index contributed by atoms with van der Waals surface area (Å²) in [6, 6.07) is 3.56. The molecule has 15 heavy (non-hydrogen) atoms. The zero-order valence-corrected chi connectivity index (χ0v) is 9.36.